The van der Waals surface area contributed by atoms with Crippen LogP contribution in [0.4, 0.5) is 0 Å². The predicted molar refractivity (Wildman–Crippen MR) is 87.8 cm³/mol. The van der Waals surface area contributed by atoms with Crippen LogP contribution in [0.2, 0.25) is 0 Å². The highest BCUT2D eigenvalue weighted by Gasteiger charge is 2.03. The second kappa shape index (κ2) is 8.34. The molecular weight excluding hydrogens is 276 g/mol. The molecule has 0 spiro atoms. The molecule has 0 saturated carbocycles. The molecule has 0 atom stereocenters. The Balaban J connectivity index is 1.73. The van der Waals surface area contributed by atoms with Gasteiger partial charge in [-0.1, -0.05) is 46.1 Å². The van der Waals surface area contributed by atoms with Gasteiger partial charge in [0.15, 0.2) is 0 Å². The maximum atomic E-state index is 9.58. The SMILES string of the molecule is Oc1ccccc1CC#[N+]CC[N+]#CCc1ccccc1O. The van der Waals surface area contributed by atoms with E-state index in [4.69, 9.17) is 0 Å². The first kappa shape index (κ1) is 15.4. The fourth-order valence-electron chi connectivity index (χ4n) is 1.86. The molecule has 22 heavy (non-hydrogen) atoms. The van der Waals surface area contributed by atoms with Crippen molar-refractivity contribution in [2.24, 2.45) is 0 Å². The van der Waals surface area contributed by atoms with Gasteiger partial charge in [-0.2, -0.15) is 0 Å². The first-order valence-electron chi connectivity index (χ1n) is 7.10. The van der Waals surface area contributed by atoms with Crippen molar-refractivity contribution in [2.45, 2.75) is 12.8 Å². The zero-order valence-electron chi connectivity index (χ0n) is 12.2. The number of para-hydroxylation sites is 2. The van der Waals surface area contributed by atoms with Crippen LogP contribution in [0, 0.1) is 12.1 Å². The highest BCUT2D eigenvalue weighted by molar-refractivity contribution is 5.34. The summed E-state index contributed by atoms with van der Waals surface area (Å²) in [6, 6.07) is 20.1. The predicted octanol–water partition coefficient (Wildman–Crippen LogP) is 3.55. The molecular formula is C18H18N2O2+2. The molecule has 110 valence electrons. The Morgan fingerprint density at radius 2 is 1.09 bits per heavy atom. The normalized spacial score (nSPS) is 9.27. The van der Waals surface area contributed by atoms with Gasteiger partial charge in [-0.3, -0.25) is 0 Å². The number of phenols is 2. The lowest BCUT2D eigenvalue weighted by Crippen LogP contribution is -1.84. The van der Waals surface area contributed by atoms with Crippen LogP contribution in [0.25, 0.3) is 9.69 Å². The number of aromatic hydroxyl groups is 2. The van der Waals surface area contributed by atoms with Gasteiger partial charge in [-0.05, 0) is 12.1 Å². The number of benzene rings is 2. The summed E-state index contributed by atoms with van der Waals surface area (Å²) in [7, 11) is 0. The average Bonchev–Trinajstić information content (AvgIpc) is 2.53. The Morgan fingerprint density at radius 3 is 1.50 bits per heavy atom. The number of hydrogen-bond acceptors (Lipinski definition) is 2. The molecule has 0 aromatic heterocycles. The van der Waals surface area contributed by atoms with Crippen molar-refractivity contribution >= 4 is 0 Å². The number of hydrogen-bond donors (Lipinski definition) is 2. The Bertz CT molecular complexity index is 683. The third kappa shape index (κ3) is 4.85. The molecule has 0 amide bonds. The van der Waals surface area contributed by atoms with Gasteiger partial charge in [0, 0.05) is 11.1 Å². The quantitative estimate of drug-likeness (QED) is 0.851. The lowest BCUT2D eigenvalue weighted by molar-refractivity contribution is 0.469. The van der Waals surface area contributed by atoms with E-state index in [1.54, 1.807) is 24.3 Å². The standard InChI is InChI=1S/C18H16N2O2/c21-17-7-3-1-5-15(17)9-11-19-13-14-20-12-10-16-6-2-4-8-18(16)22/h1-8H,9-10,13-14H2/p+2. The van der Waals surface area contributed by atoms with Crippen LogP contribution in [-0.4, -0.2) is 23.3 Å². The Morgan fingerprint density at radius 1 is 0.682 bits per heavy atom. The van der Waals surface area contributed by atoms with Crippen molar-refractivity contribution in [3.8, 4) is 23.6 Å². The summed E-state index contributed by atoms with van der Waals surface area (Å²) in [5.41, 5.74) is 1.61. The first-order valence-corrected chi connectivity index (χ1v) is 7.10. The van der Waals surface area contributed by atoms with Gasteiger partial charge in [-0.25, -0.2) is 0 Å². The van der Waals surface area contributed by atoms with Crippen LogP contribution in [-0.2, 0) is 12.8 Å². The monoisotopic (exact) mass is 294 g/mol. The molecule has 0 aliphatic carbocycles. The minimum Gasteiger partial charge on any atom is -0.508 e. The van der Waals surface area contributed by atoms with Gasteiger partial charge < -0.3 is 10.2 Å². The lowest BCUT2D eigenvalue weighted by atomic mass is 10.1. The first-order chi connectivity index (χ1) is 10.8. The van der Waals surface area contributed by atoms with Crippen molar-refractivity contribution in [1.82, 2.24) is 0 Å². The molecule has 4 nitrogen and oxygen atoms in total. The van der Waals surface area contributed by atoms with E-state index >= 15 is 0 Å². The van der Waals surface area contributed by atoms with Crippen LogP contribution >= 0.6 is 0 Å². The molecule has 2 N–H and O–H groups in total. The van der Waals surface area contributed by atoms with E-state index in [1.807, 2.05) is 24.3 Å². The summed E-state index contributed by atoms with van der Waals surface area (Å²) in [4.78, 5) is 8.25. The Labute approximate surface area is 129 Å². The molecule has 2 aromatic carbocycles. The average molecular weight is 294 g/mol. The molecule has 2 aromatic rings. The van der Waals surface area contributed by atoms with Crippen molar-refractivity contribution in [1.29, 1.82) is 0 Å². The molecule has 0 radical (unpaired) electrons. The van der Waals surface area contributed by atoms with E-state index in [0.717, 1.165) is 11.1 Å². The molecule has 0 saturated heterocycles. The summed E-state index contributed by atoms with van der Waals surface area (Å²) in [5.74, 6) is 0.526. The maximum Gasteiger partial charge on any atom is 0.338 e. The number of nitrogens with zero attached hydrogens (tertiary/aromatic N) is 2. The summed E-state index contributed by atoms with van der Waals surface area (Å²) in [6.45, 7) is 1.06. The highest BCUT2D eigenvalue weighted by Crippen LogP contribution is 2.16. The number of phenolic OH excluding ortho intramolecular Hbond substituents is 2. The van der Waals surface area contributed by atoms with E-state index in [1.165, 1.54) is 0 Å². The van der Waals surface area contributed by atoms with E-state index < -0.39 is 0 Å². The van der Waals surface area contributed by atoms with Crippen molar-refractivity contribution in [3.63, 3.8) is 0 Å². The number of rotatable bonds is 3. The summed E-state index contributed by atoms with van der Waals surface area (Å²) in [5, 5.41) is 19.2. The van der Waals surface area contributed by atoms with Gasteiger partial charge in [0.2, 0.25) is 0 Å². The molecule has 0 bridgehead atoms. The van der Waals surface area contributed by atoms with Crippen molar-refractivity contribution in [3.05, 3.63) is 69.3 Å². The second-order valence-corrected chi connectivity index (χ2v) is 4.69. The Kier molecular flexibility index (Phi) is 5.84. The molecule has 4 heteroatoms. The fourth-order valence-corrected chi connectivity index (χ4v) is 1.86. The molecule has 0 aliphatic heterocycles. The minimum atomic E-state index is 0.263. The van der Waals surface area contributed by atoms with Gasteiger partial charge in [-0.15, -0.1) is 0 Å². The topological polar surface area (TPSA) is 49.2 Å². The smallest absolute Gasteiger partial charge is 0.338 e. The summed E-state index contributed by atoms with van der Waals surface area (Å²) in [6.07, 6.45) is 0.968. The largest absolute Gasteiger partial charge is 0.508 e. The van der Waals surface area contributed by atoms with Crippen LogP contribution in [0.1, 0.15) is 11.1 Å². The molecule has 2 rings (SSSR count). The van der Waals surface area contributed by atoms with E-state index in [9.17, 15) is 10.2 Å². The van der Waals surface area contributed by atoms with Crippen LogP contribution in [0.5, 0.6) is 11.5 Å². The van der Waals surface area contributed by atoms with Crippen LogP contribution < -0.4 is 0 Å². The van der Waals surface area contributed by atoms with Gasteiger partial charge in [0.1, 0.15) is 24.3 Å². The summed E-state index contributed by atoms with van der Waals surface area (Å²) >= 11 is 0. The van der Waals surface area contributed by atoms with Crippen molar-refractivity contribution in [2.75, 3.05) is 13.1 Å². The lowest BCUT2D eigenvalue weighted by Gasteiger charge is -1.94. The minimum absolute atomic E-state index is 0.263. The van der Waals surface area contributed by atoms with E-state index in [0.29, 0.717) is 25.9 Å². The van der Waals surface area contributed by atoms with E-state index in [2.05, 4.69) is 21.8 Å². The maximum absolute atomic E-state index is 9.58. The van der Waals surface area contributed by atoms with Crippen molar-refractivity contribution < 1.29 is 10.2 Å². The van der Waals surface area contributed by atoms with Gasteiger partial charge >= 0.3 is 13.1 Å². The van der Waals surface area contributed by atoms with E-state index in [-0.39, 0.29) is 11.5 Å². The molecule has 0 aliphatic rings. The molecule has 0 unspecified atom stereocenters. The Hall–Kier alpha value is -2.98. The molecule has 0 heterocycles. The fraction of sp³-hybridized carbons (Fsp3) is 0.222. The zero-order chi connectivity index (χ0) is 15.6. The third-order valence-electron chi connectivity index (χ3n) is 3.07. The third-order valence-corrected chi connectivity index (χ3v) is 3.07. The van der Waals surface area contributed by atoms with Crippen LogP contribution in [0.3, 0.4) is 0 Å². The highest BCUT2D eigenvalue weighted by atomic mass is 16.3. The van der Waals surface area contributed by atoms with Crippen LogP contribution in [0.15, 0.2) is 48.5 Å². The molecule has 0 fully saturated rings. The van der Waals surface area contributed by atoms with Gasteiger partial charge in [0.05, 0.1) is 0 Å². The van der Waals surface area contributed by atoms with Gasteiger partial charge in [0.25, 0.3) is 12.1 Å². The second-order valence-electron chi connectivity index (χ2n) is 4.69. The zero-order valence-corrected chi connectivity index (χ0v) is 12.2. The summed E-state index contributed by atoms with van der Waals surface area (Å²) < 4.78 is 0.